The molecule has 1 aliphatic heterocycles. The molecule has 0 aromatic carbocycles. The quantitative estimate of drug-likeness (QED) is 0.596. The van der Waals surface area contributed by atoms with Crippen molar-refractivity contribution in [1.82, 2.24) is 10.2 Å². The van der Waals surface area contributed by atoms with E-state index in [1.807, 2.05) is 0 Å². The summed E-state index contributed by atoms with van der Waals surface area (Å²) >= 11 is 0. The van der Waals surface area contributed by atoms with Crippen molar-refractivity contribution in [2.24, 2.45) is 17.8 Å². The third-order valence-corrected chi connectivity index (χ3v) is 5.15. The van der Waals surface area contributed by atoms with Gasteiger partial charge in [-0.1, -0.05) is 12.2 Å². The Kier molecular flexibility index (Phi) is 4.79. The van der Waals surface area contributed by atoms with Crippen molar-refractivity contribution >= 4 is 0 Å². The topological polar surface area (TPSA) is 24.5 Å². The Bertz CT molecular complexity index is 334. The second-order valence-corrected chi connectivity index (χ2v) is 7.11. The van der Waals surface area contributed by atoms with Gasteiger partial charge in [-0.15, -0.1) is 0 Å². The fraction of sp³-hybridized carbons (Fsp3) is 0.882. The Labute approximate surface area is 123 Å². The van der Waals surface area contributed by atoms with Crippen LogP contribution in [-0.2, 0) is 4.74 Å². The molecule has 20 heavy (non-hydrogen) atoms. The largest absolute Gasteiger partial charge is 0.373 e. The van der Waals surface area contributed by atoms with E-state index in [4.69, 9.17) is 4.74 Å². The molecular weight excluding hydrogens is 248 g/mol. The lowest BCUT2D eigenvalue weighted by molar-refractivity contribution is -0.0680. The first-order valence-corrected chi connectivity index (χ1v) is 8.47. The number of rotatable bonds is 6. The maximum Gasteiger partial charge on any atom is 0.0678 e. The fourth-order valence-corrected chi connectivity index (χ4v) is 4.31. The van der Waals surface area contributed by atoms with Crippen molar-refractivity contribution in [3.63, 3.8) is 0 Å². The standard InChI is InChI=1S/C17H30N2O/c1-13-11-19(12-14(2)20-13)7-3-6-18-10-17-9-15-4-5-16(17)8-15/h4-5,13-18H,3,6-12H2,1-2H3. The maximum absolute atomic E-state index is 5.78. The van der Waals surface area contributed by atoms with Gasteiger partial charge in [0.05, 0.1) is 12.2 Å². The number of nitrogens with zero attached hydrogens (tertiary/aromatic N) is 1. The van der Waals surface area contributed by atoms with E-state index in [2.05, 4.69) is 36.2 Å². The lowest BCUT2D eigenvalue weighted by Gasteiger charge is -2.35. The molecule has 0 spiro atoms. The van der Waals surface area contributed by atoms with E-state index in [-0.39, 0.29) is 0 Å². The zero-order chi connectivity index (χ0) is 13.9. The maximum atomic E-state index is 5.78. The molecule has 0 radical (unpaired) electrons. The minimum atomic E-state index is 0.396. The SMILES string of the molecule is CC1CN(CCCNCC2CC3C=CC2C3)CC(C)O1. The van der Waals surface area contributed by atoms with Crippen LogP contribution >= 0.6 is 0 Å². The predicted octanol–water partition coefficient (Wildman–Crippen LogP) is 2.29. The minimum Gasteiger partial charge on any atom is -0.373 e. The summed E-state index contributed by atoms with van der Waals surface area (Å²) in [5, 5.41) is 3.68. The lowest BCUT2D eigenvalue weighted by atomic mass is 9.94. The summed E-state index contributed by atoms with van der Waals surface area (Å²) in [7, 11) is 0. The van der Waals surface area contributed by atoms with Gasteiger partial charge in [-0.05, 0) is 70.5 Å². The molecule has 3 heteroatoms. The normalized spacial score (nSPS) is 40.6. The van der Waals surface area contributed by atoms with Gasteiger partial charge in [0.1, 0.15) is 0 Å². The molecule has 2 fully saturated rings. The molecule has 3 aliphatic rings. The van der Waals surface area contributed by atoms with Crippen molar-refractivity contribution in [3.05, 3.63) is 12.2 Å². The monoisotopic (exact) mass is 278 g/mol. The Morgan fingerprint density at radius 3 is 2.60 bits per heavy atom. The van der Waals surface area contributed by atoms with E-state index in [1.54, 1.807) is 0 Å². The van der Waals surface area contributed by atoms with E-state index in [0.717, 1.165) is 37.4 Å². The number of nitrogens with one attached hydrogen (secondary N) is 1. The van der Waals surface area contributed by atoms with Crippen LogP contribution in [0.5, 0.6) is 0 Å². The van der Waals surface area contributed by atoms with Crippen molar-refractivity contribution in [2.75, 3.05) is 32.7 Å². The Hall–Kier alpha value is -0.380. The number of hydrogen-bond acceptors (Lipinski definition) is 3. The molecule has 3 rings (SSSR count). The van der Waals surface area contributed by atoms with Crippen molar-refractivity contribution in [2.45, 2.75) is 45.3 Å². The summed E-state index contributed by atoms with van der Waals surface area (Å²) in [6.07, 6.45) is 9.79. The highest BCUT2D eigenvalue weighted by atomic mass is 16.5. The molecule has 0 aromatic rings. The van der Waals surface area contributed by atoms with Crippen molar-refractivity contribution in [1.29, 1.82) is 0 Å². The first kappa shape index (κ1) is 14.6. The number of allylic oxidation sites excluding steroid dienone is 2. The average molecular weight is 278 g/mol. The molecule has 1 heterocycles. The van der Waals surface area contributed by atoms with Crippen LogP contribution in [0.1, 0.15) is 33.1 Å². The second-order valence-electron chi connectivity index (χ2n) is 7.11. The van der Waals surface area contributed by atoms with Crippen LogP contribution in [0.2, 0.25) is 0 Å². The summed E-state index contributed by atoms with van der Waals surface area (Å²) < 4.78 is 5.78. The van der Waals surface area contributed by atoms with Crippen LogP contribution in [0, 0.1) is 17.8 Å². The molecule has 1 N–H and O–H groups in total. The Balaban J connectivity index is 1.26. The molecule has 0 aromatic heterocycles. The average Bonchev–Trinajstić information content (AvgIpc) is 2.99. The van der Waals surface area contributed by atoms with Crippen LogP contribution < -0.4 is 5.32 Å². The molecule has 5 atom stereocenters. The predicted molar refractivity (Wildman–Crippen MR) is 82.8 cm³/mol. The third-order valence-electron chi connectivity index (χ3n) is 5.15. The molecule has 1 saturated heterocycles. The fourth-order valence-electron chi connectivity index (χ4n) is 4.31. The molecule has 5 unspecified atom stereocenters. The van der Waals surface area contributed by atoms with Gasteiger partial charge in [-0.2, -0.15) is 0 Å². The third kappa shape index (κ3) is 3.63. The Morgan fingerprint density at radius 1 is 1.15 bits per heavy atom. The zero-order valence-electron chi connectivity index (χ0n) is 13.1. The van der Waals surface area contributed by atoms with Crippen molar-refractivity contribution < 1.29 is 4.74 Å². The van der Waals surface area contributed by atoms with E-state index in [9.17, 15) is 0 Å². The molecule has 0 amide bonds. The highest BCUT2D eigenvalue weighted by molar-refractivity contribution is 5.10. The number of hydrogen-bond donors (Lipinski definition) is 1. The van der Waals surface area contributed by atoms with Gasteiger partial charge in [-0.25, -0.2) is 0 Å². The number of fused-ring (bicyclic) bond motifs is 2. The number of morpholine rings is 1. The molecule has 2 aliphatic carbocycles. The van der Waals surface area contributed by atoms with E-state index >= 15 is 0 Å². The summed E-state index contributed by atoms with van der Waals surface area (Å²) in [4.78, 5) is 2.56. The molecule has 2 bridgehead atoms. The molecular formula is C17H30N2O. The summed E-state index contributed by atoms with van der Waals surface area (Å²) in [6, 6.07) is 0. The van der Waals surface area contributed by atoms with E-state index in [1.165, 1.54) is 32.4 Å². The Morgan fingerprint density at radius 2 is 1.95 bits per heavy atom. The molecule has 3 nitrogen and oxygen atoms in total. The van der Waals surface area contributed by atoms with Crippen LogP contribution in [0.25, 0.3) is 0 Å². The van der Waals surface area contributed by atoms with Gasteiger partial charge >= 0.3 is 0 Å². The van der Waals surface area contributed by atoms with Crippen LogP contribution in [0.3, 0.4) is 0 Å². The minimum absolute atomic E-state index is 0.396. The molecule has 114 valence electrons. The van der Waals surface area contributed by atoms with E-state index < -0.39 is 0 Å². The highest BCUT2D eigenvalue weighted by Gasteiger charge is 2.34. The summed E-state index contributed by atoms with van der Waals surface area (Å²) in [6.45, 7) is 10.2. The van der Waals surface area contributed by atoms with Gasteiger partial charge in [0.25, 0.3) is 0 Å². The summed E-state index contributed by atoms with van der Waals surface area (Å²) in [5.41, 5.74) is 0. The van der Waals surface area contributed by atoms with Gasteiger partial charge in [0.15, 0.2) is 0 Å². The van der Waals surface area contributed by atoms with Gasteiger partial charge in [0.2, 0.25) is 0 Å². The van der Waals surface area contributed by atoms with Crippen LogP contribution in [0.15, 0.2) is 12.2 Å². The lowest BCUT2D eigenvalue weighted by Crippen LogP contribution is -2.46. The number of ether oxygens (including phenoxy) is 1. The van der Waals surface area contributed by atoms with Crippen molar-refractivity contribution in [3.8, 4) is 0 Å². The highest BCUT2D eigenvalue weighted by Crippen LogP contribution is 2.42. The molecule has 1 saturated carbocycles. The second kappa shape index (κ2) is 6.59. The smallest absolute Gasteiger partial charge is 0.0678 e. The zero-order valence-corrected chi connectivity index (χ0v) is 13.1. The van der Waals surface area contributed by atoms with Crippen LogP contribution in [-0.4, -0.2) is 49.8 Å². The van der Waals surface area contributed by atoms with E-state index in [0.29, 0.717) is 12.2 Å². The van der Waals surface area contributed by atoms with Gasteiger partial charge < -0.3 is 10.1 Å². The van der Waals surface area contributed by atoms with Gasteiger partial charge in [0, 0.05) is 13.1 Å². The van der Waals surface area contributed by atoms with Gasteiger partial charge in [-0.3, -0.25) is 4.90 Å². The van der Waals surface area contributed by atoms with Crippen LogP contribution in [0.4, 0.5) is 0 Å². The first-order valence-electron chi connectivity index (χ1n) is 8.47. The first-order chi connectivity index (χ1) is 9.70. The summed E-state index contributed by atoms with van der Waals surface area (Å²) in [5.74, 6) is 2.70.